The molecule has 1 N–H and O–H groups in total. The zero-order valence-electron chi connectivity index (χ0n) is 15.8. The lowest BCUT2D eigenvalue weighted by atomic mass is 10.0. The minimum Gasteiger partial charge on any atom is -0.423 e. The van der Waals surface area contributed by atoms with Crippen LogP contribution in [0.1, 0.15) is 35.3 Å². The summed E-state index contributed by atoms with van der Waals surface area (Å²) in [6, 6.07) is 23.7. The number of hydrogen-bond acceptors (Lipinski definition) is 4. The summed E-state index contributed by atoms with van der Waals surface area (Å²) in [6.07, 6.45) is 2.70. The van der Waals surface area contributed by atoms with Crippen LogP contribution in [0.2, 0.25) is 0 Å². The summed E-state index contributed by atoms with van der Waals surface area (Å²) >= 11 is 0. The highest BCUT2D eigenvalue weighted by atomic mass is 16.4. The van der Waals surface area contributed by atoms with Crippen molar-refractivity contribution in [2.45, 2.75) is 25.9 Å². The number of aromatic nitrogens is 1. The molecule has 0 aliphatic rings. The molecular formula is C24H22N2O2. The van der Waals surface area contributed by atoms with Crippen LogP contribution in [0.25, 0.3) is 11.0 Å². The number of pyridine rings is 1. The van der Waals surface area contributed by atoms with Crippen LogP contribution < -0.4 is 10.9 Å². The molecule has 0 aliphatic heterocycles. The number of nitrogens with one attached hydrogen (secondary N) is 1. The standard InChI is InChI=1S/C24H22N2O2/c1-2-17-11-12-20-19(15-23(27)28-22(20)14-17)16-26-24(18-8-4-3-5-9-18)21-10-6-7-13-25-21/h3-15,24,26H,2,16H2,1H3. The van der Waals surface area contributed by atoms with Crippen molar-refractivity contribution in [2.75, 3.05) is 0 Å². The molecule has 0 fully saturated rings. The van der Waals surface area contributed by atoms with E-state index in [0.717, 1.165) is 34.2 Å². The first-order valence-corrected chi connectivity index (χ1v) is 9.49. The highest BCUT2D eigenvalue weighted by Gasteiger charge is 2.16. The van der Waals surface area contributed by atoms with E-state index in [1.807, 2.05) is 48.5 Å². The second-order valence-electron chi connectivity index (χ2n) is 6.75. The molecule has 4 nitrogen and oxygen atoms in total. The van der Waals surface area contributed by atoms with Crippen LogP contribution in [0.3, 0.4) is 0 Å². The predicted molar refractivity (Wildman–Crippen MR) is 111 cm³/mol. The highest BCUT2D eigenvalue weighted by Crippen LogP contribution is 2.23. The summed E-state index contributed by atoms with van der Waals surface area (Å²) in [7, 11) is 0. The molecular weight excluding hydrogens is 348 g/mol. The van der Waals surface area contributed by atoms with E-state index in [-0.39, 0.29) is 11.7 Å². The van der Waals surface area contributed by atoms with E-state index in [1.54, 1.807) is 12.3 Å². The van der Waals surface area contributed by atoms with Crippen molar-refractivity contribution in [1.82, 2.24) is 10.3 Å². The molecule has 4 rings (SSSR count). The number of aryl methyl sites for hydroxylation is 1. The van der Waals surface area contributed by atoms with Gasteiger partial charge in [0.2, 0.25) is 0 Å². The van der Waals surface area contributed by atoms with Crippen molar-refractivity contribution in [2.24, 2.45) is 0 Å². The first-order valence-electron chi connectivity index (χ1n) is 9.49. The summed E-state index contributed by atoms with van der Waals surface area (Å²) in [5.41, 5.74) is 4.45. The largest absolute Gasteiger partial charge is 0.423 e. The Morgan fingerprint density at radius 1 is 1.00 bits per heavy atom. The van der Waals surface area contributed by atoms with Crippen molar-refractivity contribution in [3.63, 3.8) is 0 Å². The van der Waals surface area contributed by atoms with Gasteiger partial charge in [0.15, 0.2) is 0 Å². The van der Waals surface area contributed by atoms with Gasteiger partial charge in [-0.15, -0.1) is 0 Å². The predicted octanol–water partition coefficient (Wildman–Crippen LogP) is 4.63. The molecule has 2 aromatic carbocycles. The van der Waals surface area contributed by atoms with Crippen molar-refractivity contribution in [3.05, 3.63) is 112 Å². The maximum absolute atomic E-state index is 12.1. The molecule has 28 heavy (non-hydrogen) atoms. The fourth-order valence-corrected chi connectivity index (χ4v) is 3.44. The molecule has 0 bridgehead atoms. The summed E-state index contributed by atoms with van der Waals surface area (Å²) in [6.45, 7) is 2.62. The zero-order chi connectivity index (χ0) is 19.3. The number of benzene rings is 2. The lowest BCUT2D eigenvalue weighted by Gasteiger charge is -2.19. The van der Waals surface area contributed by atoms with Crippen LogP contribution in [-0.2, 0) is 13.0 Å². The molecule has 0 saturated heterocycles. The average Bonchev–Trinajstić information content (AvgIpc) is 2.74. The summed E-state index contributed by atoms with van der Waals surface area (Å²) in [5, 5.41) is 4.53. The third-order valence-electron chi connectivity index (χ3n) is 4.92. The molecule has 0 spiro atoms. The van der Waals surface area contributed by atoms with Gasteiger partial charge in [-0.05, 0) is 41.3 Å². The van der Waals surface area contributed by atoms with Crippen molar-refractivity contribution in [1.29, 1.82) is 0 Å². The van der Waals surface area contributed by atoms with Gasteiger partial charge in [0, 0.05) is 24.2 Å². The molecule has 1 unspecified atom stereocenters. The second-order valence-corrected chi connectivity index (χ2v) is 6.75. The first-order chi connectivity index (χ1) is 13.7. The van der Waals surface area contributed by atoms with Crippen LogP contribution in [0.4, 0.5) is 0 Å². The average molecular weight is 370 g/mol. The molecule has 0 saturated carbocycles. The fraction of sp³-hybridized carbons (Fsp3) is 0.167. The van der Waals surface area contributed by atoms with Crippen LogP contribution in [0.5, 0.6) is 0 Å². The third kappa shape index (κ3) is 3.87. The van der Waals surface area contributed by atoms with Crippen LogP contribution >= 0.6 is 0 Å². The molecule has 0 amide bonds. The number of rotatable bonds is 6. The van der Waals surface area contributed by atoms with Gasteiger partial charge in [0.25, 0.3) is 0 Å². The van der Waals surface area contributed by atoms with Crippen LogP contribution in [0, 0.1) is 0 Å². The van der Waals surface area contributed by atoms with Crippen molar-refractivity contribution >= 4 is 11.0 Å². The summed E-state index contributed by atoms with van der Waals surface area (Å²) in [5.74, 6) is 0. The van der Waals surface area contributed by atoms with E-state index in [2.05, 4.69) is 35.4 Å². The van der Waals surface area contributed by atoms with Gasteiger partial charge in [-0.1, -0.05) is 55.5 Å². The molecule has 140 valence electrons. The van der Waals surface area contributed by atoms with Gasteiger partial charge >= 0.3 is 5.63 Å². The highest BCUT2D eigenvalue weighted by molar-refractivity contribution is 5.80. The number of hydrogen-bond donors (Lipinski definition) is 1. The molecule has 0 aliphatic carbocycles. The number of fused-ring (bicyclic) bond motifs is 1. The lowest BCUT2D eigenvalue weighted by molar-refractivity contribution is 0.551. The van der Waals surface area contributed by atoms with Crippen LogP contribution in [0.15, 0.2) is 88.2 Å². The van der Waals surface area contributed by atoms with E-state index in [1.165, 1.54) is 0 Å². The zero-order valence-corrected chi connectivity index (χ0v) is 15.8. The Balaban J connectivity index is 1.69. The fourth-order valence-electron chi connectivity index (χ4n) is 3.44. The van der Waals surface area contributed by atoms with Gasteiger partial charge in [-0.25, -0.2) is 4.79 Å². The second kappa shape index (κ2) is 8.19. The molecule has 1 atom stereocenters. The molecule has 4 aromatic rings. The minimum absolute atomic E-state index is 0.0698. The van der Waals surface area contributed by atoms with E-state index in [0.29, 0.717) is 12.1 Å². The SMILES string of the molecule is CCc1ccc2c(CNC(c3ccccc3)c3ccccn3)cc(=O)oc2c1. The Morgan fingerprint density at radius 3 is 2.57 bits per heavy atom. The first kappa shape index (κ1) is 18.1. The van der Waals surface area contributed by atoms with E-state index in [9.17, 15) is 4.79 Å². The quantitative estimate of drug-likeness (QED) is 0.503. The topological polar surface area (TPSA) is 55.1 Å². The van der Waals surface area contributed by atoms with Gasteiger partial charge in [0.05, 0.1) is 11.7 Å². The van der Waals surface area contributed by atoms with Gasteiger partial charge in [0.1, 0.15) is 5.58 Å². The lowest BCUT2D eigenvalue weighted by Crippen LogP contribution is -2.23. The Kier molecular flexibility index (Phi) is 5.31. The molecule has 2 aromatic heterocycles. The normalized spacial score (nSPS) is 12.2. The monoisotopic (exact) mass is 370 g/mol. The summed E-state index contributed by atoms with van der Waals surface area (Å²) < 4.78 is 5.43. The van der Waals surface area contributed by atoms with Crippen LogP contribution in [-0.4, -0.2) is 4.98 Å². The third-order valence-corrected chi connectivity index (χ3v) is 4.92. The maximum atomic E-state index is 12.1. The van der Waals surface area contributed by atoms with E-state index >= 15 is 0 Å². The maximum Gasteiger partial charge on any atom is 0.336 e. The molecule has 4 heteroatoms. The molecule has 2 heterocycles. The van der Waals surface area contributed by atoms with Crippen molar-refractivity contribution in [3.8, 4) is 0 Å². The molecule has 0 radical (unpaired) electrons. The van der Waals surface area contributed by atoms with E-state index < -0.39 is 0 Å². The number of nitrogens with zero attached hydrogens (tertiary/aromatic N) is 1. The van der Waals surface area contributed by atoms with Gasteiger partial charge in [-0.3, -0.25) is 4.98 Å². The Bertz CT molecular complexity index is 1080. The summed E-state index contributed by atoms with van der Waals surface area (Å²) in [4.78, 5) is 16.6. The van der Waals surface area contributed by atoms with Crippen molar-refractivity contribution < 1.29 is 4.42 Å². The Morgan fingerprint density at radius 2 is 1.82 bits per heavy atom. The minimum atomic E-state index is -0.327. The Hall–Kier alpha value is -3.24. The van der Waals surface area contributed by atoms with Gasteiger partial charge in [-0.2, -0.15) is 0 Å². The van der Waals surface area contributed by atoms with Gasteiger partial charge < -0.3 is 9.73 Å². The Labute approximate surface area is 163 Å². The van der Waals surface area contributed by atoms with E-state index in [4.69, 9.17) is 4.42 Å². The smallest absolute Gasteiger partial charge is 0.336 e.